The number of anilines is 1. The van der Waals surface area contributed by atoms with Gasteiger partial charge in [-0.3, -0.25) is 4.79 Å². The Balaban J connectivity index is 0.00000195. The zero-order valence-corrected chi connectivity index (χ0v) is 22.0. The number of ether oxygens (including phenoxy) is 3. The van der Waals surface area contributed by atoms with Crippen molar-refractivity contribution in [1.82, 2.24) is 4.98 Å². The van der Waals surface area contributed by atoms with Gasteiger partial charge in [0.2, 0.25) is 0 Å². The van der Waals surface area contributed by atoms with Gasteiger partial charge in [0.1, 0.15) is 41.5 Å². The molecule has 202 valence electrons. The van der Waals surface area contributed by atoms with Crippen LogP contribution >= 0.6 is 0 Å². The molecule has 7 nitrogen and oxygen atoms in total. The molecule has 1 aromatic heterocycles. The third kappa shape index (κ3) is 6.23. The molecule has 4 aromatic rings. The van der Waals surface area contributed by atoms with Gasteiger partial charge in [-0.2, -0.15) is 0 Å². The molecule has 0 saturated heterocycles. The molecule has 0 spiro atoms. The van der Waals surface area contributed by atoms with Crippen molar-refractivity contribution in [1.29, 1.82) is 0 Å². The molecule has 1 heterocycles. The Morgan fingerprint density at radius 2 is 1.76 bits per heavy atom. The summed E-state index contributed by atoms with van der Waals surface area (Å²) in [5, 5.41) is 12.9. The van der Waals surface area contributed by atoms with Crippen LogP contribution in [-0.2, 0) is 0 Å². The molecule has 0 radical (unpaired) electrons. The second kappa shape index (κ2) is 12.9. The number of rotatable bonds is 10. The number of benzene rings is 3. The summed E-state index contributed by atoms with van der Waals surface area (Å²) in [5.41, 5.74) is 2.09. The van der Waals surface area contributed by atoms with E-state index in [-0.39, 0.29) is 30.6 Å². The van der Waals surface area contributed by atoms with Gasteiger partial charge in [-0.05, 0) is 36.8 Å². The maximum Gasteiger partial charge on any atom is 0.191 e. The Kier molecular flexibility index (Phi) is 9.67. The number of aryl methyl sites for hydroxylation is 1. The minimum atomic E-state index is -1.01. The van der Waals surface area contributed by atoms with Crippen molar-refractivity contribution < 1.29 is 32.9 Å². The van der Waals surface area contributed by atoms with Crippen molar-refractivity contribution >= 4 is 22.4 Å². The summed E-state index contributed by atoms with van der Waals surface area (Å²) in [6.07, 6.45) is 1.53. The Morgan fingerprint density at radius 3 is 2.45 bits per heavy atom. The van der Waals surface area contributed by atoms with E-state index in [2.05, 4.69) is 10.3 Å². The van der Waals surface area contributed by atoms with Crippen LogP contribution < -0.4 is 19.5 Å². The number of aromatic amines is 1. The Morgan fingerprint density at radius 1 is 1.03 bits per heavy atom. The number of hydrogen-bond acceptors (Lipinski definition) is 6. The first kappa shape index (κ1) is 28.5. The summed E-state index contributed by atoms with van der Waals surface area (Å²) in [7, 11) is 2.89. The van der Waals surface area contributed by atoms with E-state index in [1.165, 1.54) is 44.7 Å². The van der Waals surface area contributed by atoms with Gasteiger partial charge in [-0.1, -0.05) is 13.8 Å². The fraction of sp³-hybridized carbons (Fsp3) is 0.276. The van der Waals surface area contributed by atoms with E-state index in [4.69, 9.17) is 19.3 Å². The number of aromatic nitrogens is 1. The number of aliphatic hydroxyl groups excluding tert-OH is 1. The molecule has 0 aliphatic rings. The third-order valence-corrected chi connectivity index (χ3v) is 5.78. The molecule has 0 amide bonds. The molecule has 3 aromatic carbocycles. The van der Waals surface area contributed by atoms with Gasteiger partial charge in [0, 0.05) is 58.2 Å². The van der Waals surface area contributed by atoms with E-state index >= 15 is 0 Å². The quantitative estimate of drug-likeness (QED) is 0.213. The van der Waals surface area contributed by atoms with Gasteiger partial charge in [0.25, 0.3) is 0 Å². The molecular weight excluding hydrogens is 494 g/mol. The fourth-order valence-electron chi connectivity index (χ4n) is 4.01. The topological polar surface area (TPSA) is 92.8 Å². The second-order valence-corrected chi connectivity index (χ2v) is 8.15. The number of methoxy groups -OCH3 is 2. The van der Waals surface area contributed by atoms with Crippen molar-refractivity contribution in [2.24, 2.45) is 0 Å². The molecule has 38 heavy (non-hydrogen) atoms. The van der Waals surface area contributed by atoms with Crippen molar-refractivity contribution in [2.45, 2.75) is 26.8 Å². The van der Waals surface area contributed by atoms with Gasteiger partial charge in [-0.15, -0.1) is 0 Å². The number of Topliss-reactive ketones (excluding diaryl/α,β-unsaturated/α-hetero) is 1. The summed E-state index contributed by atoms with van der Waals surface area (Å²) < 4.78 is 44.4. The number of carbonyl (C=O) groups is 1. The zero-order chi connectivity index (χ0) is 27.8. The van der Waals surface area contributed by atoms with Crippen LogP contribution in [0, 0.1) is 18.6 Å². The summed E-state index contributed by atoms with van der Waals surface area (Å²) in [6.45, 7) is 5.53. The number of nitrogens with one attached hydrogen (secondary N) is 2. The number of ketones is 1. The lowest BCUT2D eigenvalue weighted by atomic mass is 9.95. The smallest absolute Gasteiger partial charge is 0.191 e. The highest BCUT2D eigenvalue weighted by Crippen LogP contribution is 2.35. The lowest BCUT2D eigenvalue weighted by Gasteiger charge is -2.22. The molecule has 1 unspecified atom stereocenters. The van der Waals surface area contributed by atoms with E-state index < -0.39 is 11.9 Å². The summed E-state index contributed by atoms with van der Waals surface area (Å²) in [5.74, 6) is -0.184. The molecule has 0 saturated carbocycles. The van der Waals surface area contributed by atoms with Crippen molar-refractivity contribution in [3.63, 3.8) is 0 Å². The maximum absolute atomic E-state index is 14.1. The SMILES string of the molecule is CC.COc1cc(NC(C(=O)c2c[nH]c3cc(F)c(C)cc23)c2ccc(F)cc2OC)cc(OCCO)c1. The molecule has 3 N–H and O–H groups in total. The summed E-state index contributed by atoms with van der Waals surface area (Å²) in [6, 6.07) is 10.8. The first-order valence-electron chi connectivity index (χ1n) is 12.2. The normalized spacial score (nSPS) is 11.4. The molecule has 0 bridgehead atoms. The average molecular weight is 527 g/mol. The Labute approximate surface area is 220 Å². The number of carbonyl (C=O) groups excluding carboxylic acids is 1. The van der Waals surface area contributed by atoms with E-state index in [0.717, 1.165) is 0 Å². The first-order chi connectivity index (χ1) is 18.3. The third-order valence-electron chi connectivity index (χ3n) is 5.78. The van der Waals surface area contributed by atoms with Crippen molar-refractivity contribution in [3.05, 3.63) is 83.1 Å². The van der Waals surface area contributed by atoms with E-state index in [1.807, 2.05) is 13.8 Å². The summed E-state index contributed by atoms with van der Waals surface area (Å²) >= 11 is 0. The highest BCUT2D eigenvalue weighted by molar-refractivity contribution is 6.11. The summed E-state index contributed by atoms with van der Waals surface area (Å²) in [4.78, 5) is 16.9. The van der Waals surface area contributed by atoms with Crippen molar-refractivity contribution in [3.8, 4) is 17.2 Å². The molecule has 9 heteroatoms. The van der Waals surface area contributed by atoms with Gasteiger partial charge < -0.3 is 29.6 Å². The number of hydrogen-bond donors (Lipinski definition) is 3. The van der Waals surface area contributed by atoms with Crippen LogP contribution in [0.2, 0.25) is 0 Å². The van der Waals surface area contributed by atoms with Gasteiger partial charge in [-0.25, -0.2) is 8.78 Å². The van der Waals surface area contributed by atoms with E-state index in [9.17, 15) is 13.6 Å². The van der Waals surface area contributed by atoms with Crippen LogP contribution in [0.1, 0.15) is 41.4 Å². The molecule has 4 rings (SSSR count). The van der Waals surface area contributed by atoms with E-state index in [1.54, 1.807) is 31.2 Å². The van der Waals surface area contributed by atoms with Gasteiger partial charge in [0.15, 0.2) is 5.78 Å². The fourth-order valence-corrected chi connectivity index (χ4v) is 4.01. The van der Waals surface area contributed by atoms with Crippen LogP contribution in [0.3, 0.4) is 0 Å². The zero-order valence-electron chi connectivity index (χ0n) is 22.0. The highest BCUT2D eigenvalue weighted by Gasteiger charge is 2.28. The molecule has 0 fully saturated rings. The van der Waals surface area contributed by atoms with Crippen LogP contribution in [0.5, 0.6) is 17.2 Å². The molecular formula is C29H32F2N2O5. The van der Waals surface area contributed by atoms with Gasteiger partial charge >= 0.3 is 0 Å². The second-order valence-electron chi connectivity index (χ2n) is 8.15. The number of halogens is 2. The minimum absolute atomic E-state index is 0.0754. The first-order valence-corrected chi connectivity index (χ1v) is 12.2. The molecule has 1 atom stereocenters. The standard InChI is InChI=1S/C27H26F2N2O5.C2H6/c1-15-8-21-22(14-30-24(21)13-23(15)29)27(33)26(20-5-4-16(28)9-25(20)35-3)31-17-10-18(34-2)12-19(11-17)36-7-6-32;1-2/h4-5,8-14,26,30-32H,6-7H2,1-3H3;1-2H3. The largest absolute Gasteiger partial charge is 0.497 e. The molecule has 0 aliphatic heterocycles. The predicted molar refractivity (Wildman–Crippen MR) is 144 cm³/mol. The number of fused-ring (bicyclic) bond motifs is 1. The highest BCUT2D eigenvalue weighted by atomic mass is 19.1. The molecule has 0 aliphatic carbocycles. The van der Waals surface area contributed by atoms with E-state index in [0.29, 0.717) is 44.8 Å². The van der Waals surface area contributed by atoms with Crippen LogP contribution in [0.4, 0.5) is 14.5 Å². The lowest BCUT2D eigenvalue weighted by molar-refractivity contribution is 0.0970. The van der Waals surface area contributed by atoms with Crippen LogP contribution in [0.25, 0.3) is 10.9 Å². The number of H-pyrrole nitrogens is 1. The number of aliphatic hydroxyl groups is 1. The Hall–Kier alpha value is -4.11. The predicted octanol–water partition coefficient (Wildman–Crippen LogP) is 6.21. The average Bonchev–Trinajstić information content (AvgIpc) is 3.33. The maximum atomic E-state index is 14.1. The minimum Gasteiger partial charge on any atom is -0.497 e. The van der Waals surface area contributed by atoms with Crippen molar-refractivity contribution in [2.75, 3.05) is 32.8 Å². The van der Waals surface area contributed by atoms with Crippen LogP contribution in [-0.4, -0.2) is 43.3 Å². The Bertz CT molecular complexity index is 1400. The lowest BCUT2D eigenvalue weighted by Crippen LogP contribution is -2.22. The van der Waals surface area contributed by atoms with Gasteiger partial charge in [0.05, 0.1) is 20.8 Å². The monoisotopic (exact) mass is 526 g/mol. The van der Waals surface area contributed by atoms with Crippen LogP contribution in [0.15, 0.2) is 54.7 Å².